The highest BCUT2D eigenvalue weighted by Gasteiger charge is 2.19. The average Bonchev–Trinajstić information content (AvgIpc) is 3.38. The monoisotopic (exact) mass is 374 g/mol. The van der Waals surface area contributed by atoms with E-state index in [1.165, 1.54) is 6.39 Å². The van der Waals surface area contributed by atoms with Crippen molar-refractivity contribution in [2.75, 3.05) is 12.4 Å². The zero-order chi connectivity index (χ0) is 19.5. The fourth-order valence-corrected chi connectivity index (χ4v) is 2.87. The van der Waals surface area contributed by atoms with E-state index in [0.717, 1.165) is 17.1 Å². The molecule has 0 saturated heterocycles. The number of hydrogen-bond donors (Lipinski definition) is 1. The number of rotatable bonds is 5. The Balaban J connectivity index is 1.54. The molecule has 6 heteroatoms. The van der Waals surface area contributed by atoms with E-state index in [1.807, 2.05) is 61.5 Å². The summed E-state index contributed by atoms with van der Waals surface area (Å²) in [4.78, 5) is 16.8. The minimum absolute atomic E-state index is 0.207. The minimum atomic E-state index is -0.354. The van der Waals surface area contributed by atoms with Crippen LogP contribution < -0.4 is 10.1 Å². The number of ether oxygens (including phenoxy) is 1. The number of aryl methyl sites for hydroxylation is 1. The third-order valence-electron chi connectivity index (χ3n) is 4.28. The molecule has 0 aliphatic heterocycles. The molecule has 0 radical (unpaired) electrons. The Morgan fingerprint density at radius 2 is 1.86 bits per heavy atom. The Bertz CT molecular complexity index is 1110. The summed E-state index contributed by atoms with van der Waals surface area (Å²) in [5, 5.41) is 2.84. The second-order valence-corrected chi connectivity index (χ2v) is 6.20. The number of amides is 1. The summed E-state index contributed by atoms with van der Waals surface area (Å²) >= 11 is 0. The third kappa shape index (κ3) is 3.53. The quantitative estimate of drug-likeness (QED) is 0.521. The first kappa shape index (κ1) is 17.6. The van der Waals surface area contributed by atoms with Crippen LogP contribution in [0.2, 0.25) is 0 Å². The first-order valence-electron chi connectivity index (χ1n) is 8.70. The van der Waals surface area contributed by atoms with E-state index >= 15 is 0 Å². The fourth-order valence-electron chi connectivity index (χ4n) is 2.87. The molecule has 0 atom stereocenters. The van der Waals surface area contributed by atoms with Crippen molar-refractivity contribution in [1.29, 1.82) is 0 Å². The lowest BCUT2D eigenvalue weighted by molar-refractivity contribution is 0.102. The molecule has 1 N–H and O–H groups in total. The van der Waals surface area contributed by atoms with E-state index in [9.17, 15) is 4.79 Å². The van der Waals surface area contributed by atoms with Gasteiger partial charge in [0.2, 0.25) is 0 Å². The van der Waals surface area contributed by atoms with Crippen LogP contribution in [-0.2, 0) is 0 Å². The number of oxazole rings is 1. The van der Waals surface area contributed by atoms with Crippen LogP contribution in [0.4, 0.5) is 5.69 Å². The van der Waals surface area contributed by atoms with Gasteiger partial charge in [-0.05, 0) is 55.5 Å². The lowest BCUT2D eigenvalue weighted by atomic mass is 10.1. The van der Waals surface area contributed by atoms with E-state index in [-0.39, 0.29) is 11.6 Å². The van der Waals surface area contributed by atoms with Crippen molar-refractivity contribution in [2.24, 2.45) is 0 Å². The second kappa shape index (κ2) is 7.44. The lowest BCUT2D eigenvalue weighted by Crippen LogP contribution is -2.13. The van der Waals surface area contributed by atoms with E-state index in [4.69, 9.17) is 13.6 Å². The fraction of sp³-hybridized carbons (Fsp3) is 0.0909. The number of aromatic nitrogens is 1. The highest BCUT2D eigenvalue weighted by atomic mass is 16.5. The molecule has 0 bridgehead atoms. The molecule has 0 aliphatic rings. The molecular weight excluding hydrogens is 356 g/mol. The number of nitrogens with zero attached hydrogens (tertiary/aromatic N) is 1. The minimum Gasteiger partial charge on any atom is -0.497 e. The Morgan fingerprint density at radius 1 is 1.04 bits per heavy atom. The number of carbonyl (C=O) groups is 1. The van der Waals surface area contributed by atoms with Gasteiger partial charge in [0.1, 0.15) is 17.3 Å². The average molecular weight is 374 g/mol. The molecule has 2 aromatic heterocycles. The van der Waals surface area contributed by atoms with Crippen molar-refractivity contribution in [3.63, 3.8) is 0 Å². The van der Waals surface area contributed by atoms with Gasteiger partial charge in [-0.1, -0.05) is 12.1 Å². The van der Waals surface area contributed by atoms with Crippen molar-refractivity contribution in [2.45, 2.75) is 6.92 Å². The Kier molecular flexibility index (Phi) is 4.68. The number of carbonyl (C=O) groups excluding carboxylic acids is 1. The van der Waals surface area contributed by atoms with Crippen LogP contribution in [-0.4, -0.2) is 18.0 Å². The molecule has 1 amide bonds. The number of hydrogen-bond acceptors (Lipinski definition) is 5. The number of furan rings is 1. The van der Waals surface area contributed by atoms with Crippen molar-refractivity contribution in [3.05, 3.63) is 78.5 Å². The van der Waals surface area contributed by atoms with Crippen LogP contribution in [0.5, 0.6) is 5.75 Å². The number of methoxy groups -OCH3 is 1. The predicted molar refractivity (Wildman–Crippen MR) is 105 cm³/mol. The van der Waals surface area contributed by atoms with E-state index < -0.39 is 0 Å². The first-order chi connectivity index (χ1) is 13.6. The van der Waals surface area contributed by atoms with Crippen molar-refractivity contribution in [3.8, 4) is 28.4 Å². The van der Waals surface area contributed by atoms with Crippen molar-refractivity contribution in [1.82, 2.24) is 4.98 Å². The second-order valence-electron chi connectivity index (χ2n) is 6.20. The largest absolute Gasteiger partial charge is 0.497 e. The Hall–Kier alpha value is -3.80. The third-order valence-corrected chi connectivity index (χ3v) is 4.28. The van der Waals surface area contributed by atoms with Crippen LogP contribution >= 0.6 is 0 Å². The summed E-state index contributed by atoms with van der Waals surface area (Å²) in [6.45, 7) is 1.90. The van der Waals surface area contributed by atoms with Crippen LogP contribution in [0.1, 0.15) is 16.2 Å². The van der Waals surface area contributed by atoms with Gasteiger partial charge in [0.15, 0.2) is 17.8 Å². The zero-order valence-corrected chi connectivity index (χ0v) is 15.4. The molecule has 2 aromatic carbocycles. The van der Waals surface area contributed by atoms with Gasteiger partial charge in [0, 0.05) is 16.8 Å². The Labute approximate surface area is 161 Å². The summed E-state index contributed by atoms with van der Waals surface area (Å²) < 4.78 is 16.3. The molecule has 0 spiro atoms. The maximum Gasteiger partial charge on any atom is 0.278 e. The maximum absolute atomic E-state index is 12.7. The van der Waals surface area contributed by atoms with E-state index in [1.54, 1.807) is 13.2 Å². The molecule has 0 saturated carbocycles. The Morgan fingerprint density at radius 3 is 2.57 bits per heavy atom. The molecule has 4 aromatic rings. The molecule has 4 rings (SSSR count). The topological polar surface area (TPSA) is 77.5 Å². The van der Waals surface area contributed by atoms with Gasteiger partial charge >= 0.3 is 0 Å². The van der Waals surface area contributed by atoms with Crippen LogP contribution in [0, 0.1) is 6.92 Å². The van der Waals surface area contributed by atoms with Crippen molar-refractivity contribution >= 4 is 11.6 Å². The summed E-state index contributed by atoms with van der Waals surface area (Å²) in [7, 11) is 1.58. The van der Waals surface area contributed by atoms with Gasteiger partial charge in [-0.2, -0.15) is 0 Å². The van der Waals surface area contributed by atoms with Gasteiger partial charge in [0.25, 0.3) is 5.91 Å². The highest BCUT2D eigenvalue weighted by Crippen LogP contribution is 2.28. The number of nitrogens with one attached hydrogen (secondary N) is 1. The predicted octanol–water partition coefficient (Wildman–Crippen LogP) is 5.17. The normalized spacial score (nSPS) is 10.6. The van der Waals surface area contributed by atoms with E-state index in [0.29, 0.717) is 22.8 Å². The summed E-state index contributed by atoms with van der Waals surface area (Å²) in [6.07, 6.45) is 1.26. The number of anilines is 1. The smallest absolute Gasteiger partial charge is 0.278 e. The van der Waals surface area contributed by atoms with Crippen LogP contribution in [0.25, 0.3) is 22.6 Å². The van der Waals surface area contributed by atoms with Crippen LogP contribution in [0.15, 0.2) is 75.9 Å². The summed E-state index contributed by atoms with van der Waals surface area (Å²) in [5.41, 5.74) is 2.51. The molecule has 2 heterocycles. The molecule has 0 aliphatic carbocycles. The number of benzene rings is 2. The van der Waals surface area contributed by atoms with Gasteiger partial charge in [-0.15, -0.1) is 0 Å². The van der Waals surface area contributed by atoms with Gasteiger partial charge in [0.05, 0.1) is 7.11 Å². The van der Waals surface area contributed by atoms with Gasteiger partial charge in [-0.25, -0.2) is 4.98 Å². The van der Waals surface area contributed by atoms with Gasteiger partial charge < -0.3 is 18.9 Å². The summed E-state index contributed by atoms with van der Waals surface area (Å²) in [5.74, 6) is 2.34. The van der Waals surface area contributed by atoms with Gasteiger partial charge in [-0.3, -0.25) is 4.79 Å². The standard InChI is InChI=1S/C22H18N2O4/c1-14-6-11-19(28-14)15-7-9-17(10-8-15)24-22(25)20-21(27-13-23-20)16-4-3-5-18(12-16)26-2/h3-13H,1-2H3,(H,24,25). The SMILES string of the molecule is COc1cccc(-c2ocnc2C(=O)Nc2ccc(-c3ccc(C)o3)cc2)c1. The van der Waals surface area contributed by atoms with Crippen molar-refractivity contribution < 1.29 is 18.4 Å². The van der Waals surface area contributed by atoms with Crippen LogP contribution in [0.3, 0.4) is 0 Å². The maximum atomic E-state index is 12.7. The first-order valence-corrected chi connectivity index (χ1v) is 8.70. The molecule has 0 fully saturated rings. The highest BCUT2D eigenvalue weighted by molar-refractivity contribution is 6.06. The molecule has 140 valence electrons. The molecule has 28 heavy (non-hydrogen) atoms. The molecule has 6 nitrogen and oxygen atoms in total. The molecule has 0 unspecified atom stereocenters. The molecular formula is C22H18N2O4. The van der Waals surface area contributed by atoms with E-state index in [2.05, 4.69) is 10.3 Å². The summed E-state index contributed by atoms with van der Waals surface area (Å²) in [6, 6.07) is 18.5. The zero-order valence-electron chi connectivity index (χ0n) is 15.4. The lowest BCUT2D eigenvalue weighted by Gasteiger charge is -2.06.